The van der Waals surface area contributed by atoms with Crippen molar-refractivity contribution in [2.24, 2.45) is 16.1 Å². The smallest absolute Gasteiger partial charge is 0.171 e. The molecule has 0 spiro atoms. The van der Waals surface area contributed by atoms with E-state index < -0.39 is 5.82 Å². The number of anilines is 1. The summed E-state index contributed by atoms with van der Waals surface area (Å²) in [7, 11) is 1.41. The van der Waals surface area contributed by atoms with Crippen molar-refractivity contribution in [3.8, 4) is 5.75 Å². The molecule has 0 bridgehead atoms. The largest absolute Gasteiger partial charge is 0.494 e. The van der Waals surface area contributed by atoms with Crippen LogP contribution in [0.1, 0.15) is 5.56 Å². The average Bonchev–Trinajstić information content (AvgIpc) is 2.39. The van der Waals surface area contributed by atoms with E-state index in [1.165, 1.54) is 18.2 Å². The molecule has 1 aliphatic heterocycles. The average molecular weight is 248 g/mol. The zero-order valence-corrected chi connectivity index (χ0v) is 9.93. The van der Waals surface area contributed by atoms with E-state index in [0.29, 0.717) is 16.9 Å². The minimum atomic E-state index is -0.481. The van der Waals surface area contributed by atoms with Gasteiger partial charge in [0.2, 0.25) is 0 Å². The Morgan fingerprint density at radius 3 is 2.83 bits per heavy atom. The summed E-state index contributed by atoms with van der Waals surface area (Å²) in [5.74, 6) is -0.327. The monoisotopic (exact) mass is 248 g/mol. The molecule has 0 fully saturated rings. The number of nitrogens with zero attached hydrogens (tertiary/aromatic N) is 3. The summed E-state index contributed by atoms with van der Waals surface area (Å²) < 4.78 is 18.9. The summed E-state index contributed by atoms with van der Waals surface area (Å²) in [4.78, 5) is 0. The van der Waals surface area contributed by atoms with Crippen molar-refractivity contribution in [3.05, 3.63) is 48.1 Å². The second-order valence-electron chi connectivity index (χ2n) is 3.62. The summed E-state index contributed by atoms with van der Waals surface area (Å²) in [6.07, 6.45) is 3.32. The van der Waals surface area contributed by atoms with E-state index in [9.17, 15) is 4.39 Å². The molecular weight excluding hydrogens is 235 g/mol. The molecule has 5 nitrogen and oxygen atoms in total. The van der Waals surface area contributed by atoms with Crippen LogP contribution in [0, 0.1) is 5.82 Å². The zero-order valence-electron chi connectivity index (χ0n) is 9.93. The number of allylic oxidation sites excluding steroid dienone is 1. The van der Waals surface area contributed by atoms with Crippen LogP contribution in [-0.4, -0.2) is 7.11 Å². The lowest BCUT2D eigenvalue weighted by Crippen LogP contribution is -2.14. The third-order valence-corrected chi connectivity index (χ3v) is 2.53. The molecule has 0 amide bonds. The molecule has 0 radical (unpaired) electrons. The topological polar surface area (TPSA) is 63.2 Å². The van der Waals surface area contributed by atoms with Crippen molar-refractivity contribution in [2.45, 2.75) is 6.54 Å². The first-order valence-electron chi connectivity index (χ1n) is 5.30. The van der Waals surface area contributed by atoms with Gasteiger partial charge < -0.3 is 10.5 Å². The van der Waals surface area contributed by atoms with Crippen molar-refractivity contribution in [3.63, 3.8) is 0 Å². The van der Waals surface area contributed by atoms with Gasteiger partial charge >= 0.3 is 0 Å². The number of nitrogens with two attached hydrogens (primary N) is 1. The van der Waals surface area contributed by atoms with Crippen molar-refractivity contribution in [2.75, 3.05) is 12.1 Å². The Kier molecular flexibility index (Phi) is 3.38. The Labute approximate surface area is 104 Å². The highest BCUT2D eigenvalue weighted by Crippen LogP contribution is 2.31. The molecule has 1 aromatic carbocycles. The standard InChI is InChI=1S/C12H13FN4O/c1-8-5-6-17(16-15-8)10-3-4-11(18-2)12(13)9(10)7-14/h3-6H,1,7,14H2,2H3. The van der Waals surface area contributed by atoms with Gasteiger partial charge in [-0.2, -0.15) is 0 Å². The van der Waals surface area contributed by atoms with Gasteiger partial charge in [0.05, 0.1) is 18.5 Å². The number of benzene rings is 1. The molecule has 0 unspecified atom stereocenters. The second-order valence-corrected chi connectivity index (χ2v) is 3.62. The fourth-order valence-corrected chi connectivity index (χ4v) is 1.61. The maximum atomic E-state index is 14.0. The molecule has 2 rings (SSSR count). The molecule has 0 aromatic heterocycles. The van der Waals surface area contributed by atoms with Crippen LogP contribution in [0.4, 0.5) is 10.1 Å². The molecule has 1 aromatic rings. The molecular formula is C12H13FN4O. The third-order valence-electron chi connectivity index (χ3n) is 2.53. The minimum Gasteiger partial charge on any atom is -0.494 e. The van der Waals surface area contributed by atoms with Gasteiger partial charge in [0.1, 0.15) is 0 Å². The SMILES string of the molecule is C=C1C=CN(c2ccc(OC)c(F)c2CN)N=N1. The molecule has 94 valence electrons. The molecule has 0 atom stereocenters. The summed E-state index contributed by atoms with van der Waals surface area (Å²) in [6, 6.07) is 3.21. The fraction of sp³-hybridized carbons (Fsp3) is 0.167. The van der Waals surface area contributed by atoms with Crippen LogP contribution >= 0.6 is 0 Å². The molecule has 18 heavy (non-hydrogen) atoms. The summed E-state index contributed by atoms with van der Waals surface area (Å²) >= 11 is 0. The van der Waals surface area contributed by atoms with Crippen LogP contribution in [0.2, 0.25) is 0 Å². The fourth-order valence-electron chi connectivity index (χ4n) is 1.61. The molecule has 0 saturated heterocycles. The summed E-state index contributed by atoms with van der Waals surface area (Å²) in [5.41, 5.74) is 6.96. The molecule has 2 N–H and O–H groups in total. The van der Waals surface area contributed by atoms with Crippen LogP contribution in [-0.2, 0) is 6.54 Å². The van der Waals surface area contributed by atoms with Crippen LogP contribution in [0.5, 0.6) is 5.75 Å². The lowest BCUT2D eigenvalue weighted by molar-refractivity contribution is 0.384. The van der Waals surface area contributed by atoms with Crippen LogP contribution in [0.3, 0.4) is 0 Å². The van der Waals surface area contributed by atoms with E-state index in [-0.39, 0.29) is 12.3 Å². The van der Waals surface area contributed by atoms with Crippen molar-refractivity contribution < 1.29 is 9.13 Å². The number of halogens is 1. The highest BCUT2D eigenvalue weighted by Gasteiger charge is 2.17. The Morgan fingerprint density at radius 2 is 2.28 bits per heavy atom. The highest BCUT2D eigenvalue weighted by molar-refractivity contribution is 5.59. The number of hydrogen-bond acceptors (Lipinski definition) is 5. The predicted octanol–water partition coefficient (Wildman–Crippen LogP) is 2.51. The normalized spacial score (nSPS) is 14.2. The quantitative estimate of drug-likeness (QED) is 0.893. The van der Waals surface area contributed by atoms with Crippen molar-refractivity contribution >= 4 is 5.69 Å². The Balaban J connectivity index is 2.45. The lowest BCUT2D eigenvalue weighted by atomic mass is 10.1. The molecule has 0 aliphatic carbocycles. The van der Waals surface area contributed by atoms with Crippen LogP contribution in [0.25, 0.3) is 0 Å². The summed E-state index contributed by atoms with van der Waals surface area (Å²) in [6.45, 7) is 3.68. The number of rotatable bonds is 3. The van der Waals surface area contributed by atoms with E-state index in [1.807, 2.05) is 0 Å². The van der Waals surface area contributed by atoms with Crippen molar-refractivity contribution in [1.29, 1.82) is 0 Å². The van der Waals surface area contributed by atoms with Gasteiger partial charge in [-0.05, 0) is 18.2 Å². The maximum absolute atomic E-state index is 14.0. The zero-order chi connectivity index (χ0) is 13.1. The Bertz CT molecular complexity index is 523. The number of ether oxygens (including phenoxy) is 1. The van der Waals surface area contributed by atoms with Gasteiger partial charge in [0.15, 0.2) is 11.6 Å². The predicted molar refractivity (Wildman–Crippen MR) is 66.5 cm³/mol. The van der Waals surface area contributed by atoms with E-state index in [2.05, 4.69) is 16.9 Å². The molecule has 1 heterocycles. The van der Waals surface area contributed by atoms with Gasteiger partial charge in [-0.25, -0.2) is 9.40 Å². The van der Waals surface area contributed by atoms with Crippen LogP contribution in [0.15, 0.2) is 47.0 Å². The Morgan fingerprint density at radius 1 is 1.50 bits per heavy atom. The Hall–Kier alpha value is -2.21. The minimum absolute atomic E-state index is 0.0408. The van der Waals surface area contributed by atoms with Gasteiger partial charge in [-0.3, -0.25) is 0 Å². The van der Waals surface area contributed by atoms with Gasteiger partial charge in [0.25, 0.3) is 0 Å². The maximum Gasteiger partial charge on any atom is 0.171 e. The van der Waals surface area contributed by atoms with E-state index in [0.717, 1.165) is 0 Å². The first-order valence-corrected chi connectivity index (χ1v) is 5.30. The van der Waals surface area contributed by atoms with Gasteiger partial charge in [-0.15, -0.1) is 5.11 Å². The van der Waals surface area contributed by atoms with Gasteiger partial charge in [-0.1, -0.05) is 11.8 Å². The van der Waals surface area contributed by atoms with Crippen LogP contribution < -0.4 is 15.5 Å². The number of hydrogen-bond donors (Lipinski definition) is 1. The summed E-state index contributed by atoms with van der Waals surface area (Å²) in [5, 5.41) is 9.15. The highest BCUT2D eigenvalue weighted by atomic mass is 19.1. The molecule has 1 aliphatic rings. The van der Waals surface area contributed by atoms with E-state index >= 15 is 0 Å². The number of methoxy groups -OCH3 is 1. The van der Waals surface area contributed by atoms with E-state index in [1.54, 1.807) is 18.3 Å². The first-order chi connectivity index (χ1) is 8.67. The first kappa shape index (κ1) is 12.3. The van der Waals surface area contributed by atoms with Gasteiger partial charge in [0, 0.05) is 18.3 Å². The van der Waals surface area contributed by atoms with E-state index in [4.69, 9.17) is 10.5 Å². The molecule has 0 saturated carbocycles. The second kappa shape index (κ2) is 4.97. The molecule has 6 heteroatoms. The third kappa shape index (κ3) is 2.10. The van der Waals surface area contributed by atoms with Crippen molar-refractivity contribution in [1.82, 2.24) is 0 Å². The lowest BCUT2D eigenvalue weighted by Gasteiger charge is -2.19.